The molecule has 1 aromatic carbocycles. The van der Waals surface area contributed by atoms with E-state index in [4.69, 9.17) is 8.92 Å². The Bertz CT molecular complexity index is 807. The fourth-order valence-electron chi connectivity index (χ4n) is 5.98. The zero-order valence-electron chi connectivity index (χ0n) is 14.1. The van der Waals surface area contributed by atoms with Crippen molar-refractivity contribution < 1.29 is 17.3 Å². The summed E-state index contributed by atoms with van der Waals surface area (Å²) < 4.78 is 35.4. The Labute approximate surface area is 143 Å². The molecule has 1 spiro atoms. The Morgan fingerprint density at radius 1 is 1.33 bits per heavy atom. The monoisotopic (exact) mass is 349 g/mol. The quantitative estimate of drug-likeness (QED) is 0.761. The van der Waals surface area contributed by atoms with Gasteiger partial charge in [-0.2, -0.15) is 8.42 Å². The first-order chi connectivity index (χ1) is 11.4. The summed E-state index contributed by atoms with van der Waals surface area (Å²) in [4.78, 5) is 2.48. The number of rotatable bonds is 2. The van der Waals surface area contributed by atoms with Gasteiger partial charge in [0, 0.05) is 17.0 Å². The van der Waals surface area contributed by atoms with E-state index in [1.54, 1.807) is 0 Å². The van der Waals surface area contributed by atoms with Gasteiger partial charge in [0.05, 0.1) is 6.26 Å². The molecular weight excluding hydrogens is 326 g/mol. The summed E-state index contributed by atoms with van der Waals surface area (Å²) in [6.07, 6.45) is 4.42. The van der Waals surface area contributed by atoms with Crippen molar-refractivity contribution in [3.05, 3.63) is 29.3 Å². The van der Waals surface area contributed by atoms with Gasteiger partial charge < -0.3 is 9.64 Å². The van der Waals surface area contributed by atoms with E-state index >= 15 is 0 Å². The van der Waals surface area contributed by atoms with Gasteiger partial charge in [-0.1, -0.05) is 12.1 Å². The van der Waals surface area contributed by atoms with E-state index in [0.29, 0.717) is 12.0 Å². The summed E-state index contributed by atoms with van der Waals surface area (Å²) >= 11 is 0. The lowest BCUT2D eigenvalue weighted by Gasteiger charge is -2.58. The highest BCUT2D eigenvalue weighted by Gasteiger charge is 2.65. The van der Waals surface area contributed by atoms with Gasteiger partial charge in [-0.25, -0.2) is 0 Å². The maximum Gasteiger partial charge on any atom is 0.264 e. The highest BCUT2D eigenvalue weighted by Crippen LogP contribution is 2.62. The third-order valence-corrected chi connectivity index (χ3v) is 7.33. The van der Waals surface area contributed by atoms with Crippen LogP contribution in [0.2, 0.25) is 0 Å². The minimum atomic E-state index is -3.49. The number of hydrogen-bond donors (Lipinski definition) is 0. The molecule has 2 bridgehead atoms. The number of benzene rings is 1. The van der Waals surface area contributed by atoms with E-state index in [1.807, 2.05) is 6.07 Å². The lowest BCUT2D eigenvalue weighted by atomic mass is 9.51. The zero-order valence-corrected chi connectivity index (χ0v) is 14.9. The largest absolute Gasteiger partial charge is 0.486 e. The maximum atomic E-state index is 11.8. The summed E-state index contributed by atoms with van der Waals surface area (Å²) in [7, 11) is -1.27. The predicted octanol–water partition coefficient (Wildman–Crippen LogP) is 1.70. The van der Waals surface area contributed by atoms with Crippen LogP contribution in [0, 0.1) is 5.92 Å². The number of nitrogens with zero attached hydrogens (tertiary/aromatic N) is 1. The summed E-state index contributed by atoms with van der Waals surface area (Å²) in [6, 6.07) is 6.84. The molecule has 1 aromatic rings. The molecule has 0 N–H and O–H groups in total. The molecule has 1 saturated carbocycles. The topological polar surface area (TPSA) is 55.8 Å². The van der Waals surface area contributed by atoms with Gasteiger partial charge in [0.2, 0.25) is 0 Å². The summed E-state index contributed by atoms with van der Waals surface area (Å²) in [5.41, 5.74) is 2.66. The molecule has 5 nitrogen and oxygen atoms in total. The second-order valence-electron chi connectivity index (χ2n) is 7.89. The molecule has 1 saturated heterocycles. The van der Waals surface area contributed by atoms with Gasteiger partial charge in [-0.3, -0.25) is 4.18 Å². The van der Waals surface area contributed by atoms with Crippen molar-refractivity contribution in [3.8, 4) is 5.75 Å². The van der Waals surface area contributed by atoms with Gasteiger partial charge in [0.1, 0.15) is 18.0 Å². The number of hydrogen-bond acceptors (Lipinski definition) is 5. The summed E-state index contributed by atoms with van der Waals surface area (Å²) in [5.74, 6) is 1.48. The molecule has 24 heavy (non-hydrogen) atoms. The second kappa shape index (κ2) is 4.74. The first-order valence-corrected chi connectivity index (χ1v) is 10.6. The lowest BCUT2D eigenvalue weighted by molar-refractivity contribution is -0.0894. The van der Waals surface area contributed by atoms with E-state index < -0.39 is 10.1 Å². The maximum absolute atomic E-state index is 11.8. The Morgan fingerprint density at radius 2 is 2.17 bits per heavy atom. The van der Waals surface area contributed by atoms with Crippen LogP contribution in [0.1, 0.15) is 30.4 Å². The molecule has 2 aliphatic heterocycles. The van der Waals surface area contributed by atoms with Crippen LogP contribution in [0.4, 0.5) is 0 Å². The van der Waals surface area contributed by atoms with Crippen molar-refractivity contribution >= 4 is 10.1 Å². The smallest absolute Gasteiger partial charge is 0.264 e. The SMILES string of the molecule is CN1CCC23c4c5cccc4OC2C(OS(C)(=O)=O)CCC3C1C5. The highest BCUT2D eigenvalue weighted by atomic mass is 32.2. The molecule has 5 unspecified atom stereocenters. The summed E-state index contributed by atoms with van der Waals surface area (Å²) in [6.45, 7) is 1.03. The lowest BCUT2D eigenvalue weighted by Crippen LogP contribution is -2.66. The number of likely N-dealkylation sites (N-methyl/N-ethyl adjacent to an activating group) is 1. The van der Waals surface area contributed by atoms with E-state index in [2.05, 4.69) is 24.1 Å². The fourth-order valence-corrected chi connectivity index (χ4v) is 6.63. The van der Waals surface area contributed by atoms with Gasteiger partial charge in [-0.15, -0.1) is 0 Å². The first-order valence-electron chi connectivity index (χ1n) is 8.78. The normalized spacial score (nSPS) is 40.1. The Hall–Kier alpha value is -1.11. The number of piperidine rings is 1. The number of ether oxygens (including phenoxy) is 1. The Morgan fingerprint density at radius 3 is 2.96 bits per heavy atom. The third-order valence-electron chi connectivity index (χ3n) is 6.74. The highest BCUT2D eigenvalue weighted by molar-refractivity contribution is 7.86. The average Bonchev–Trinajstić information content (AvgIpc) is 2.85. The van der Waals surface area contributed by atoms with Crippen molar-refractivity contribution in [2.45, 2.75) is 49.3 Å². The minimum Gasteiger partial charge on any atom is -0.486 e. The molecule has 2 fully saturated rings. The van der Waals surface area contributed by atoms with Crippen LogP contribution in [0.3, 0.4) is 0 Å². The molecule has 0 radical (unpaired) electrons. The zero-order chi connectivity index (χ0) is 16.7. The fraction of sp³-hybridized carbons (Fsp3) is 0.667. The number of likely N-dealkylation sites (tertiary alicyclic amines) is 1. The molecule has 0 aromatic heterocycles. The molecule has 2 aliphatic carbocycles. The van der Waals surface area contributed by atoms with Crippen LogP contribution in [0.15, 0.2) is 18.2 Å². The molecule has 6 heteroatoms. The Kier molecular flexibility index (Phi) is 3.00. The van der Waals surface area contributed by atoms with E-state index in [9.17, 15) is 8.42 Å². The van der Waals surface area contributed by atoms with Crippen molar-refractivity contribution in [1.29, 1.82) is 0 Å². The predicted molar refractivity (Wildman–Crippen MR) is 89.7 cm³/mol. The average molecular weight is 349 g/mol. The van der Waals surface area contributed by atoms with Crippen molar-refractivity contribution in [3.63, 3.8) is 0 Å². The van der Waals surface area contributed by atoms with Crippen LogP contribution in [0.25, 0.3) is 0 Å². The standard InChI is InChI=1S/C18H23NO4S/c1-19-9-8-18-12-6-7-15(23-24(2,20)21)17(18)22-14-5-3-4-11(16(14)18)10-13(12)19/h3-5,12-13,15,17H,6-10H2,1-2H3. The van der Waals surface area contributed by atoms with Gasteiger partial charge >= 0.3 is 0 Å². The van der Waals surface area contributed by atoms with Crippen LogP contribution in [-0.4, -0.2) is 51.4 Å². The molecule has 2 heterocycles. The van der Waals surface area contributed by atoms with Crippen LogP contribution in [0.5, 0.6) is 5.75 Å². The second-order valence-corrected chi connectivity index (χ2v) is 9.49. The van der Waals surface area contributed by atoms with Gasteiger partial charge in [0.25, 0.3) is 10.1 Å². The van der Waals surface area contributed by atoms with Crippen molar-refractivity contribution in [1.82, 2.24) is 4.90 Å². The molecule has 4 aliphatic rings. The van der Waals surface area contributed by atoms with Crippen molar-refractivity contribution in [2.75, 3.05) is 19.8 Å². The minimum absolute atomic E-state index is 0.0744. The van der Waals surface area contributed by atoms with Crippen LogP contribution >= 0.6 is 0 Å². The molecule has 130 valence electrons. The van der Waals surface area contributed by atoms with Crippen LogP contribution < -0.4 is 4.74 Å². The third kappa shape index (κ3) is 1.85. The molecular formula is C18H23NO4S. The molecule has 5 rings (SSSR count). The molecule has 0 amide bonds. The van der Waals surface area contributed by atoms with E-state index in [1.165, 1.54) is 11.1 Å². The summed E-state index contributed by atoms with van der Waals surface area (Å²) in [5, 5.41) is 0. The van der Waals surface area contributed by atoms with Gasteiger partial charge in [0.15, 0.2) is 0 Å². The van der Waals surface area contributed by atoms with Crippen molar-refractivity contribution in [2.24, 2.45) is 5.92 Å². The van der Waals surface area contributed by atoms with Gasteiger partial charge in [-0.05, 0) is 56.8 Å². The molecule has 5 atom stereocenters. The van der Waals surface area contributed by atoms with Crippen LogP contribution in [-0.2, 0) is 26.1 Å². The van der Waals surface area contributed by atoms with E-state index in [0.717, 1.165) is 44.2 Å². The Balaban J connectivity index is 1.68. The first kappa shape index (κ1) is 15.2. The van der Waals surface area contributed by atoms with E-state index in [-0.39, 0.29) is 17.6 Å².